The Morgan fingerprint density at radius 2 is 1.94 bits per heavy atom. The maximum atomic E-state index is 5.94. The Morgan fingerprint density at radius 1 is 1.12 bits per heavy atom. The van der Waals surface area contributed by atoms with Gasteiger partial charge in [-0.2, -0.15) is 0 Å². The average molecular weight is 212 g/mol. The molecular formula is C13H12N2O. The molecule has 0 radical (unpaired) electrons. The van der Waals surface area contributed by atoms with Gasteiger partial charge in [-0.15, -0.1) is 0 Å². The number of hydrogen-bond donors (Lipinski definition) is 2. The van der Waals surface area contributed by atoms with E-state index >= 15 is 0 Å². The van der Waals surface area contributed by atoms with Crippen molar-refractivity contribution in [3.8, 4) is 5.75 Å². The fourth-order valence-electron chi connectivity index (χ4n) is 2.14. The molecule has 0 fully saturated rings. The molecule has 0 aliphatic heterocycles. The highest BCUT2D eigenvalue weighted by Crippen LogP contribution is 2.34. The summed E-state index contributed by atoms with van der Waals surface area (Å²) in [6, 6.07) is 11.8. The summed E-state index contributed by atoms with van der Waals surface area (Å²) in [7, 11) is 1.68. The van der Waals surface area contributed by atoms with Crippen LogP contribution in [0.25, 0.3) is 21.8 Å². The molecule has 3 rings (SSSR count). The van der Waals surface area contributed by atoms with Gasteiger partial charge in [-0.1, -0.05) is 18.2 Å². The lowest BCUT2D eigenvalue weighted by Crippen LogP contribution is -1.84. The van der Waals surface area contributed by atoms with Gasteiger partial charge in [0, 0.05) is 10.8 Å². The quantitative estimate of drug-likeness (QED) is 0.609. The zero-order chi connectivity index (χ0) is 11.1. The van der Waals surface area contributed by atoms with Crippen LogP contribution in [-0.2, 0) is 0 Å². The molecule has 1 heterocycles. The molecule has 0 saturated heterocycles. The van der Waals surface area contributed by atoms with Gasteiger partial charge in [0.25, 0.3) is 0 Å². The second-order valence-corrected chi connectivity index (χ2v) is 3.78. The van der Waals surface area contributed by atoms with E-state index in [4.69, 9.17) is 10.5 Å². The van der Waals surface area contributed by atoms with Crippen LogP contribution in [0.1, 0.15) is 0 Å². The number of benzene rings is 2. The summed E-state index contributed by atoms with van der Waals surface area (Å²) in [5, 5.41) is 2.19. The first-order chi connectivity index (χ1) is 7.81. The molecule has 3 N–H and O–H groups in total. The number of nitrogen functional groups attached to an aromatic ring is 1. The van der Waals surface area contributed by atoms with Gasteiger partial charge >= 0.3 is 0 Å². The summed E-state index contributed by atoms with van der Waals surface area (Å²) >= 11 is 0. The van der Waals surface area contributed by atoms with Crippen molar-refractivity contribution in [2.24, 2.45) is 0 Å². The molecule has 1 aromatic heterocycles. The van der Waals surface area contributed by atoms with Crippen molar-refractivity contribution in [1.29, 1.82) is 0 Å². The summed E-state index contributed by atoms with van der Waals surface area (Å²) in [6.07, 6.45) is 0. The smallest absolute Gasteiger partial charge is 0.128 e. The van der Waals surface area contributed by atoms with Crippen molar-refractivity contribution < 1.29 is 4.74 Å². The molecule has 16 heavy (non-hydrogen) atoms. The third kappa shape index (κ3) is 1.08. The van der Waals surface area contributed by atoms with E-state index in [1.165, 1.54) is 0 Å². The van der Waals surface area contributed by atoms with E-state index in [9.17, 15) is 0 Å². The van der Waals surface area contributed by atoms with Crippen molar-refractivity contribution in [2.75, 3.05) is 12.8 Å². The van der Waals surface area contributed by atoms with Gasteiger partial charge in [-0.25, -0.2) is 0 Å². The number of para-hydroxylation sites is 1. The Kier molecular flexibility index (Phi) is 1.80. The van der Waals surface area contributed by atoms with Crippen molar-refractivity contribution in [2.45, 2.75) is 0 Å². The highest BCUT2D eigenvalue weighted by atomic mass is 16.5. The van der Waals surface area contributed by atoms with Crippen LogP contribution in [0, 0.1) is 0 Å². The van der Waals surface area contributed by atoms with E-state index in [-0.39, 0.29) is 0 Å². The topological polar surface area (TPSA) is 51.0 Å². The predicted molar refractivity (Wildman–Crippen MR) is 66.8 cm³/mol. The minimum atomic E-state index is 0.760. The normalized spacial score (nSPS) is 11.1. The largest absolute Gasteiger partial charge is 0.496 e. The highest BCUT2D eigenvalue weighted by molar-refractivity contribution is 6.13. The number of anilines is 1. The number of ether oxygens (including phenoxy) is 1. The summed E-state index contributed by atoms with van der Waals surface area (Å²) in [5.74, 6) is 0.870. The molecule has 0 aliphatic rings. The first-order valence-corrected chi connectivity index (χ1v) is 5.14. The van der Waals surface area contributed by atoms with E-state index in [0.717, 1.165) is 33.2 Å². The molecule has 2 aromatic carbocycles. The van der Waals surface area contributed by atoms with E-state index in [0.29, 0.717) is 0 Å². The molecule has 80 valence electrons. The molecule has 0 atom stereocenters. The number of methoxy groups -OCH3 is 1. The van der Waals surface area contributed by atoms with Crippen molar-refractivity contribution in [3.05, 3.63) is 36.4 Å². The molecule has 0 unspecified atom stereocenters. The van der Waals surface area contributed by atoms with Gasteiger partial charge in [0.2, 0.25) is 0 Å². The summed E-state index contributed by atoms with van der Waals surface area (Å²) < 4.78 is 5.37. The molecule has 3 aromatic rings. The lowest BCUT2D eigenvalue weighted by Gasteiger charge is -2.01. The standard InChI is InChI=1S/C13H12N2O/c1-16-11-7-3-6-10-12(11)8-4-2-5-9(14)13(8)15-10/h2-7,15H,14H2,1H3. The van der Waals surface area contributed by atoms with Crippen LogP contribution in [0.15, 0.2) is 36.4 Å². The Bertz CT molecular complexity index is 670. The van der Waals surface area contributed by atoms with Gasteiger partial charge in [0.15, 0.2) is 0 Å². The average Bonchev–Trinajstić information content (AvgIpc) is 2.69. The number of H-pyrrole nitrogens is 1. The van der Waals surface area contributed by atoms with Gasteiger partial charge < -0.3 is 15.5 Å². The van der Waals surface area contributed by atoms with E-state index in [2.05, 4.69) is 4.98 Å². The third-order valence-corrected chi connectivity index (χ3v) is 2.87. The van der Waals surface area contributed by atoms with Gasteiger partial charge in [-0.3, -0.25) is 0 Å². The lowest BCUT2D eigenvalue weighted by molar-refractivity contribution is 0.420. The molecule has 0 amide bonds. The molecule has 3 heteroatoms. The first-order valence-electron chi connectivity index (χ1n) is 5.14. The fourth-order valence-corrected chi connectivity index (χ4v) is 2.14. The van der Waals surface area contributed by atoms with Crippen LogP contribution in [0.2, 0.25) is 0 Å². The number of nitrogens with two attached hydrogens (primary N) is 1. The number of nitrogens with one attached hydrogen (secondary N) is 1. The van der Waals surface area contributed by atoms with Gasteiger partial charge in [-0.05, 0) is 18.2 Å². The van der Waals surface area contributed by atoms with Crippen LogP contribution in [0.3, 0.4) is 0 Å². The van der Waals surface area contributed by atoms with Crippen LogP contribution in [0.5, 0.6) is 5.75 Å². The summed E-state index contributed by atoms with van der Waals surface area (Å²) in [4.78, 5) is 3.32. The Balaban J connectivity index is 2.57. The zero-order valence-corrected chi connectivity index (χ0v) is 8.95. The second-order valence-electron chi connectivity index (χ2n) is 3.78. The number of aromatic nitrogens is 1. The van der Waals surface area contributed by atoms with Gasteiger partial charge in [0.05, 0.1) is 23.8 Å². The minimum Gasteiger partial charge on any atom is -0.496 e. The van der Waals surface area contributed by atoms with Crippen LogP contribution < -0.4 is 10.5 Å². The molecular weight excluding hydrogens is 200 g/mol. The molecule has 0 bridgehead atoms. The molecule has 0 saturated carbocycles. The summed E-state index contributed by atoms with van der Waals surface area (Å²) in [5.41, 5.74) is 8.72. The highest BCUT2D eigenvalue weighted by Gasteiger charge is 2.09. The van der Waals surface area contributed by atoms with Crippen LogP contribution in [-0.4, -0.2) is 12.1 Å². The number of aromatic amines is 1. The van der Waals surface area contributed by atoms with E-state index < -0.39 is 0 Å². The van der Waals surface area contributed by atoms with E-state index in [1.807, 2.05) is 36.4 Å². The SMILES string of the molecule is COc1cccc2[nH]c3c(N)cccc3c12. The lowest BCUT2D eigenvalue weighted by atomic mass is 10.1. The van der Waals surface area contributed by atoms with Crippen molar-refractivity contribution >= 4 is 27.5 Å². The first kappa shape index (κ1) is 9.09. The van der Waals surface area contributed by atoms with Crippen LogP contribution >= 0.6 is 0 Å². The van der Waals surface area contributed by atoms with Crippen molar-refractivity contribution in [1.82, 2.24) is 4.98 Å². The predicted octanol–water partition coefficient (Wildman–Crippen LogP) is 2.91. The molecule has 3 nitrogen and oxygen atoms in total. The molecule has 0 spiro atoms. The minimum absolute atomic E-state index is 0.760. The Labute approximate surface area is 92.8 Å². The van der Waals surface area contributed by atoms with Gasteiger partial charge in [0.1, 0.15) is 5.75 Å². The maximum absolute atomic E-state index is 5.94. The number of rotatable bonds is 1. The Morgan fingerprint density at radius 3 is 2.75 bits per heavy atom. The zero-order valence-electron chi connectivity index (χ0n) is 8.95. The van der Waals surface area contributed by atoms with Crippen LogP contribution in [0.4, 0.5) is 5.69 Å². The second kappa shape index (κ2) is 3.17. The Hall–Kier alpha value is -2.16. The number of fused-ring (bicyclic) bond motifs is 3. The maximum Gasteiger partial charge on any atom is 0.128 e. The number of hydrogen-bond acceptors (Lipinski definition) is 2. The molecule has 0 aliphatic carbocycles. The third-order valence-electron chi connectivity index (χ3n) is 2.87. The monoisotopic (exact) mass is 212 g/mol. The summed E-state index contributed by atoms with van der Waals surface area (Å²) in [6.45, 7) is 0. The van der Waals surface area contributed by atoms with Crippen molar-refractivity contribution in [3.63, 3.8) is 0 Å². The van der Waals surface area contributed by atoms with E-state index in [1.54, 1.807) is 7.11 Å². The fraction of sp³-hybridized carbons (Fsp3) is 0.0769.